The first-order valence-corrected chi connectivity index (χ1v) is 9.03. The van der Waals surface area contributed by atoms with Crippen molar-refractivity contribution in [3.8, 4) is 0 Å². The van der Waals surface area contributed by atoms with Crippen molar-refractivity contribution in [1.29, 1.82) is 0 Å². The molecule has 1 aromatic rings. The molecule has 0 N–H and O–H groups in total. The van der Waals surface area contributed by atoms with Gasteiger partial charge in [0.25, 0.3) is 0 Å². The van der Waals surface area contributed by atoms with Crippen LogP contribution in [0, 0.1) is 0 Å². The molecule has 120 valence electrons. The first-order valence-electron chi connectivity index (χ1n) is 8.65. The standard InChI is InChI=1S/C19H31ClO/c1-2-3-4-9-16-21-17-10-7-5-6-8-11-18-12-14-19(20)15-13-18/h12-15H,2-11,16-17H2,1H3. The largest absolute Gasteiger partial charge is 0.381 e. The molecule has 0 unspecified atom stereocenters. The molecule has 0 aromatic heterocycles. The first-order chi connectivity index (χ1) is 10.3. The lowest BCUT2D eigenvalue weighted by atomic mass is 10.1. The fourth-order valence-corrected chi connectivity index (χ4v) is 2.57. The van der Waals surface area contributed by atoms with Gasteiger partial charge in [-0.1, -0.05) is 69.2 Å². The van der Waals surface area contributed by atoms with Gasteiger partial charge < -0.3 is 4.74 Å². The minimum atomic E-state index is 0.827. The molecule has 0 heterocycles. The van der Waals surface area contributed by atoms with Crippen molar-refractivity contribution in [3.63, 3.8) is 0 Å². The van der Waals surface area contributed by atoms with E-state index < -0.39 is 0 Å². The Morgan fingerprint density at radius 2 is 1.33 bits per heavy atom. The lowest BCUT2D eigenvalue weighted by Gasteiger charge is -2.05. The quantitative estimate of drug-likeness (QED) is 0.381. The van der Waals surface area contributed by atoms with E-state index in [2.05, 4.69) is 19.1 Å². The van der Waals surface area contributed by atoms with E-state index in [-0.39, 0.29) is 0 Å². The molecule has 0 aliphatic carbocycles. The zero-order valence-corrected chi connectivity index (χ0v) is 14.3. The van der Waals surface area contributed by atoms with Gasteiger partial charge in [0.05, 0.1) is 0 Å². The Kier molecular flexibility index (Phi) is 11.6. The van der Waals surface area contributed by atoms with Crippen molar-refractivity contribution in [3.05, 3.63) is 34.9 Å². The smallest absolute Gasteiger partial charge is 0.0466 e. The summed E-state index contributed by atoms with van der Waals surface area (Å²) in [6.45, 7) is 4.15. The van der Waals surface area contributed by atoms with Crippen molar-refractivity contribution in [1.82, 2.24) is 0 Å². The van der Waals surface area contributed by atoms with Gasteiger partial charge in [-0.05, 0) is 43.4 Å². The summed E-state index contributed by atoms with van der Waals surface area (Å²) in [7, 11) is 0. The fourth-order valence-electron chi connectivity index (χ4n) is 2.45. The molecular formula is C19H31ClO. The van der Waals surface area contributed by atoms with Crippen LogP contribution in [0.3, 0.4) is 0 Å². The fraction of sp³-hybridized carbons (Fsp3) is 0.684. The van der Waals surface area contributed by atoms with Gasteiger partial charge in [0.2, 0.25) is 0 Å². The lowest BCUT2D eigenvalue weighted by molar-refractivity contribution is 0.126. The number of unbranched alkanes of at least 4 members (excludes halogenated alkanes) is 7. The van der Waals surface area contributed by atoms with E-state index in [1.165, 1.54) is 69.8 Å². The first kappa shape index (κ1) is 18.5. The van der Waals surface area contributed by atoms with Crippen LogP contribution >= 0.6 is 11.6 Å². The second-order valence-electron chi connectivity index (χ2n) is 5.82. The maximum absolute atomic E-state index is 5.88. The molecule has 0 radical (unpaired) electrons. The highest BCUT2D eigenvalue weighted by atomic mass is 35.5. The zero-order valence-electron chi connectivity index (χ0n) is 13.6. The number of hydrogen-bond acceptors (Lipinski definition) is 1. The predicted molar refractivity (Wildman–Crippen MR) is 93.2 cm³/mol. The van der Waals surface area contributed by atoms with Gasteiger partial charge in [-0.15, -0.1) is 0 Å². The van der Waals surface area contributed by atoms with Crippen molar-refractivity contribution in [2.45, 2.75) is 71.1 Å². The average molecular weight is 311 g/mol. The van der Waals surface area contributed by atoms with E-state index in [0.29, 0.717) is 0 Å². The van der Waals surface area contributed by atoms with Gasteiger partial charge >= 0.3 is 0 Å². The molecule has 0 atom stereocenters. The van der Waals surface area contributed by atoms with Crippen LogP contribution in [0.1, 0.15) is 70.3 Å². The summed E-state index contributed by atoms with van der Waals surface area (Å²) in [5, 5.41) is 0.827. The molecule has 0 aliphatic heterocycles. The highest BCUT2D eigenvalue weighted by Crippen LogP contribution is 2.13. The minimum absolute atomic E-state index is 0.827. The Morgan fingerprint density at radius 1 is 0.762 bits per heavy atom. The van der Waals surface area contributed by atoms with Gasteiger partial charge in [0.15, 0.2) is 0 Å². The number of hydrogen-bond donors (Lipinski definition) is 0. The second kappa shape index (κ2) is 13.2. The SMILES string of the molecule is CCCCCCOCCCCCCCc1ccc(Cl)cc1. The number of rotatable bonds is 13. The topological polar surface area (TPSA) is 9.23 Å². The Labute approximate surface area is 136 Å². The van der Waals surface area contributed by atoms with Crippen LogP contribution in [-0.2, 0) is 11.2 Å². The molecule has 1 aromatic carbocycles. The van der Waals surface area contributed by atoms with E-state index >= 15 is 0 Å². The third-order valence-electron chi connectivity index (χ3n) is 3.81. The molecule has 0 saturated carbocycles. The van der Waals surface area contributed by atoms with Gasteiger partial charge in [0, 0.05) is 18.2 Å². The highest BCUT2D eigenvalue weighted by molar-refractivity contribution is 6.30. The Bertz CT molecular complexity index is 334. The van der Waals surface area contributed by atoms with Gasteiger partial charge in [-0.3, -0.25) is 0 Å². The zero-order chi connectivity index (χ0) is 15.2. The summed E-state index contributed by atoms with van der Waals surface area (Å²) in [6.07, 6.45) is 12.8. The van der Waals surface area contributed by atoms with Crippen LogP contribution in [-0.4, -0.2) is 13.2 Å². The average Bonchev–Trinajstić information content (AvgIpc) is 2.50. The Morgan fingerprint density at radius 3 is 2.00 bits per heavy atom. The summed E-state index contributed by atoms with van der Waals surface area (Å²) < 4.78 is 5.65. The lowest BCUT2D eigenvalue weighted by Crippen LogP contribution is -1.97. The van der Waals surface area contributed by atoms with Crippen LogP contribution in [0.5, 0.6) is 0 Å². The molecule has 21 heavy (non-hydrogen) atoms. The van der Waals surface area contributed by atoms with Gasteiger partial charge in [-0.2, -0.15) is 0 Å². The van der Waals surface area contributed by atoms with Gasteiger partial charge in [0.1, 0.15) is 0 Å². The Hall–Kier alpha value is -0.530. The maximum Gasteiger partial charge on any atom is 0.0466 e. The number of benzene rings is 1. The maximum atomic E-state index is 5.88. The van der Waals surface area contributed by atoms with E-state index in [1.54, 1.807) is 0 Å². The van der Waals surface area contributed by atoms with Crippen molar-refractivity contribution >= 4 is 11.6 Å². The number of ether oxygens (including phenoxy) is 1. The molecule has 0 amide bonds. The summed E-state index contributed by atoms with van der Waals surface area (Å²) in [5.74, 6) is 0. The van der Waals surface area contributed by atoms with Gasteiger partial charge in [-0.25, -0.2) is 0 Å². The summed E-state index contributed by atoms with van der Waals surface area (Å²) >= 11 is 5.88. The summed E-state index contributed by atoms with van der Waals surface area (Å²) in [6, 6.07) is 8.23. The molecular weight excluding hydrogens is 280 g/mol. The van der Waals surface area contributed by atoms with E-state index in [9.17, 15) is 0 Å². The van der Waals surface area contributed by atoms with Crippen LogP contribution in [0.2, 0.25) is 5.02 Å². The summed E-state index contributed by atoms with van der Waals surface area (Å²) in [5.41, 5.74) is 1.40. The second-order valence-corrected chi connectivity index (χ2v) is 6.25. The van der Waals surface area contributed by atoms with Crippen LogP contribution < -0.4 is 0 Å². The number of halogens is 1. The molecule has 0 saturated heterocycles. The molecule has 0 fully saturated rings. The third kappa shape index (κ3) is 10.8. The minimum Gasteiger partial charge on any atom is -0.381 e. The van der Waals surface area contributed by atoms with E-state index in [4.69, 9.17) is 16.3 Å². The predicted octanol–water partition coefficient (Wildman–Crippen LogP) is 6.43. The molecule has 0 bridgehead atoms. The van der Waals surface area contributed by atoms with E-state index in [1.807, 2.05) is 12.1 Å². The molecule has 0 spiro atoms. The Balaban J connectivity index is 1.81. The van der Waals surface area contributed by atoms with Crippen LogP contribution in [0.4, 0.5) is 0 Å². The molecule has 2 heteroatoms. The van der Waals surface area contributed by atoms with Crippen molar-refractivity contribution < 1.29 is 4.74 Å². The summed E-state index contributed by atoms with van der Waals surface area (Å²) in [4.78, 5) is 0. The normalized spacial score (nSPS) is 11.0. The molecule has 1 nitrogen and oxygen atoms in total. The van der Waals surface area contributed by atoms with Crippen molar-refractivity contribution in [2.75, 3.05) is 13.2 Å². The molecule has 1 rings (SSSR count). The monoisotopic (exact) mass is 310 g/mol. The van der Waals surface area contributed by atoms with Crippen molar-refractivity contribution in [2.24, 2.45) is 0 Å². The molecule has 0 aliphatic rings. The third-order valence-corrected chi connectivity index (χ3v) is 4.06. The number of aryl methyl sites for hydroxylation is 1. The highest BCUT2D eigenvalue weighted by Gasteiger charge is 1.95. The van der Waals surface area contributed by atoms with Crippen LogP contribution in [0.15, 0.2) is 24.3 Å². The van der Waals surface area contributed by atoms with Crippen LogP contribution in [0.25, 0.3) is 0 Å². The van der Waals surface area contributed by atoms with E-state index in [0.717, 1.165) is 18.2 Å².